The highest BCUT2D eigenvalue weighted by molar-refractivity contribution is 14.0. The summed E-state index contributed by atoms with van der Waals surface area (Å²) >= 11 is 0. The van der Waals surface area contributed by atoms with Gasteiger partial charge >= 0.3 is 0 Å². The maximum absolute atomic E-state index is 5.95. The molecule has 0 saturated carbocycles. The van der Waals surface area contributed by atoms with Gasteiger partial charge in [0.05, 0.1) is 6.10 Å². The lowest BCUT2D eigenvalue weighted by Gasteiger charge is -2.17. The van der Waals surface area contributed by atoms with Gasteiger partial charge in [0.2, 0.25) is 0 Å². The maximum Gasteiger partial charge on any atom is 0.191 e. The molecule has 2 heterocycles. The number of aromatic nitrogens is 3. The van der Waals surface area contributed by atoms with Gasteiger partial charge in [-0.15, -0.1) is 24.0 Å². The number of guanidine groups is 1. The van der Waals surface area contributed by atoms with Gasteiger partial charge < -0.3 is 15.4 Å². The van der Waals surface area contributed by atoms with Crippen LogP contribution in [0.5, 0.6) is 5.75 Å². The molecule has 0 amide bonds. The van der Waals surface area contributed by atoms with Crippen LogP contribution >= 0.6 is 24.0 Å². The molecule has 0 saturated heterocycles. The number of ether oxygens (including phenoxy) is 1. The fraction of sp³-hybridized carbons (Fsp3) is 0.318. The Labute approximate surface area is 195 Å². The third-order valence-electron chi connectivity index (χ3n) is 4.29. The molecule has 0 aliphatic rings. The summed E-state index contributed by atoms with van der Waals surface area (Å²) in [4.78, 5) is 12.8. The van der Waals surface area contributed by atoms with Crippen molar-refractivity contribution in [3.05, 3.63) is 71.9 Å². The van der Waals surface area contributed by atoms with Crippen molar-refractivity contribution < 1.29 is 4.74 Å². The van der Waals surface area contributed by atoms with Crippen LogP contribution in [-0.4, -0.2) is 33.6 Å². The zero-order chi connectivity index (χ0) is 20.6. The predicted molar refractivity (Wildman–Crippen MR) is 131 cm³/mol. The normalized spacial score (nSPS) is 11.2. The van der Waals surface area contributed by atoms with Gasteiger partial charge in [0.25, 0.3) is 0 Å². The summed E-state index contributed by atoms with van der Waals surface area (Å²) < 4.78 is 7.82. The minimum absolute atomic E-state index is 0. The molecule has 0 aliphatic carbocycles. The van der Waals surface area contributed by atoms with Crippen molar-refractivity contribution in [3.8, 4) is 11.6 Å². The quantitative estimate of drug-likeness (QED) is 0.281. The fourth-order valence-electron chi connectivity index (χ4n) is 2.83. The Morgan fingerprint density at radius 1 is 1.17 bits per heavy atom. The number of halogens is 1. The van der Waals surface area contributed by atoms with E-state index in [9.17, 15) is 0 Å². The molecule has 0 bridgehead atoms. The first-order valence-electron chi connectivity index (χ1n) is 9.69. The molecule has 0 unspecified atom stereocenters. The first kappa shape index (κ1) is 23.7. The number of hydrogen-bond acceptors (Lipinski definition) is 4. The lowest BCUT2D eigenvalue weighted by Crippen LogP contribution is -2.36. The molecule has 3 aromatic rings. The summed E-state index contributed by atoms with van der Waals surface area (Å²) in [6.45, 7) is 7.38. The zero-order valence-corrected chi connectivity index (χ0v) is 20.1. The standard InChI is InChI=1S/C22H28N6O.HI/c1-16(2)29-20-11-17(3)5-7-19(20)14-27-22(23-4)26-13-18-6-8-21(25-12-18)28-10-9-24-15-28;/h5-12,15-16H,13-14H2,1-4H3,(H2,23,26,27);1H. The molecule has 2 N–H and O–H groups in total. The Bertz CT molecular complexity index is 939. The van der Waals surface area contributed by atoms with Gasteiger partial charge in [-0.05, 0) is 44.0 Å². The topological polar surface area (TPSA) is 76.4 Å². The highest BCUT2D eigenvalue weighted by atomic mass is 127. The summed E-state index contributed by atoms with van der Waals surface area (Å²) in [5.74, 6) is 2.47. The van der Waals surface area contributed by atoms with E-state index >= 15 is 0 Å². The van der Waals surface area contributed by atoms with Gasteiger partial charge in [-0.2, -0.15) is 0 Å². The van der Waals surface area contributed by atoms with Crippen molar-refractivity contribution in [1.82, 2.24) is 25.2 Å². The number of nitrogens with one attached hydrogen (secondary N) is 2. The van der Waals surface area contributed by atoms with Gasteiger partial charge in [-0.1, -0.05) is 18.2 Å². The van der Waals surface area contributed by atoms with E-state index in [4.69, 9.17) is 4.74 Å². The third kappa shape index (κ3) is 6.72. The molecule has 2 aromatic heterocycles. The highest BCUT2D eigenvalue weighted by Crippen LogP contribution is 2.21. The van der Waals surface area contributed by atoms with E-state index in [1.807, 2.05) is 42.9 Å². The van der Waals surface area contributed by atoms with Gasteiger partial charge in [-0.3, -0.25) is 9.56 Å². The molecule has 30 heavy (non-hydrogen) atoms. The number of nitrogens with zero attached hydrogens (tertiary/aromatic N) is 4. The lowest BCUT2D eigenvalue weighted by atomic mass is 10.1. The van der Waals surface area contributed by atoms with Gasteiger partial charge in [0.1, 0.15) is 17.9 Å². The molecule has 1 aromatic carbocycles. The number of benzene rings is 1. The van der Waals surface area contributed by atoms with Crippen LogP contribution in [0, 0.1) is 6.92 Å². The maximum atomic E-state index is 5.95. The third-order valence-corrected chi connectivity index (χ3v) is 4.29. The summed E-state index contributed by atoms with van der Waals surface area (Å²) in [6, 6.07) is 10.3. The first-order chi connectivity index (χ1) is 14.0. The van der Waals surface area contributed by atoms with Crippen LogP contribution in [0.1, 0.15) is 30.5 Å². The van der Waals surface area contributed by atoms with E-state index in [0.29, 0.717) is 13.1 Å². The molecule has 0 spiro atoms. The van der Waals surface area contributed by atoms with E-state index < -0.39 is 0 Å². The van der Waals surface area contributed by atoms with Gasteiger partial charge in [0, 0.05) is 44.3 Å². The number of imidazole rings is 1. The predicted octanol–water partition coefficient (Wildman–Crippen LogP) is 3.85. The SMILES string of the molecule is CN=C(NCc1ccc(-n2ccnc2)nc1)NCc1ccc(C)cc1OC(C)C.I. The molecule has 0 fully saturated rings. The Morgan fingerprint density at radius 3 is 2.60 bits per heavy atom. The number of aliphatic imine (C=N–C) groups is 1. The molecule has 3 rings (SSSR count). The number of pyridine rings is 1. The van der Waals surface area contributed by atoms with Crippen LogP contribution in [0.25, 0.3) is 5.82 Å². The average molecular weight is 520 g/mol. The number of aryl methyl sites for hydroxylation is 1. The van der Waals surface area contributed by atoms with Crippen LogP contribution in [-0.2, 0) is 13.1 Å². The van der Waals surface area contributed by atoms with Crippen LogP contribution in [0.15, 0.2) is 60.2 Å². The molecule has 0 radical (unpaired) electrons. The van der Waals surface area contributed by atoms with E-state index in [-0.39, 0.29) is 30.1 Å². The van der Waals surface area contributed by atoms with E-state index in [2.05, 4.69) is 50.7 Å². The summed E-state index contributed by atoms with van der Waals surface area (Å²) in [6.07, 6.45) is 7.32. The molecular weight excluding hydrogens is 491 g/mol. The average Bonchev–Trinajstić information content (AvgIpc) is 3.24. The van der Waals surface area contributed by atoms with E-state index in [1.54, 1.807) is 19.6 Å². The fourth-order valence-corrected chi connectivity index (χ4v) is 2.83. The molecule has 0 atom stereocenters. The van der Waals surface area contributed by atoms with Crippen molar-refractivity contribution in [2.45, 2.75) is 40.0 Å². The zero-order valence-electron chi connectivity index (χ0n) is 17.8. The Hall–Kier alpha value is -2.62. The van der Waals surface area contributed by atoms with Crippen molar-refractivity contribution in [2.75, 3.05) is 7.05 Å². The second kappa shape index (κ2) is 11.5. The lowest BCUT2D eigenvalue weighted by molar-refractivity contribution is 0.239. The monoisotopic (exact) mass is 520 g/mol. The van der Waals surface area contributed by atoms with Gasteiger partial charge in [0.15, 0.2) is 5.96 Å². The van der Waals surface area contributed by atoms with Crippen molar-refractivity contribution in [2.24, 2.45) is 4.99 Å². The Morgan fingerprint density at radius 2 is 1.97 bits per heavy atom. The summed E-state index contributed by atoms with van der Waals surface area (Å²) in [7, 11) is 1.76. The molecular formula is C22H29IN6O. The second-order valence-corrected chi connectivity index (χ2v) is 7.05. The summed E-state index contributed by atoms with van der Waals surface area (Å²) in [5.41, 5.74) is 3.34. The molecule has 0 aliphatic heterocycles. The highest BCUT2D eigenvalue weighted by Gasteiger charge is 2.08. The second-order valence-electron chi connectivity index (χ2n) is 7.05. The Kier molecular flexibility index (Phi) is 9.10. The largest absolute Gasteiger partial charge is 0.491 e. The van der Waals surface area contributed by atoms with Crippen LogP contribution in [0.3, 0.4) is 0 Å². The van der Waals surface area contributed by atoms with E-state index in [1.165, 1.54) is 5.56 Å². The Balaban J connectivity index is 0.00000320. The van der Waals surface area contributed by atoms with E-state index in [0.717, 1.165) is 28.7 Å². The molecule has 160 valence electrons. The van der Waals surface area contributed by atoms with Crippen LogP contribution < -0.4 is 15.4 Å². The minimum atomic E-state index is 0. The smallest absolute Gasteiger partial charge is 0.191 e. The minimum Gasteiger partial charge on any atom is -0.491 e. The molecule has 7 nitrogen and oxygen atoms in total. The van der Waals surface area contributed by atoms with Crippen molar-refractivity contribution in [3.63, 3.8) is 0 Å². The van der Waals surface area contributed by atoms with Crippen LogP contribution in [0.4, 0.5) is 0 Å². The number of hydrogen-bond donors (Lipinski definition) is 2. The van der Waals surface area contributed by atoms with Crippen LogP contribution in [0.2, 0.25) is 0 Å². The van der Waals surface area contributed by atoms with Crippen molar-refractivity contribution >= 4 is 29.9 Å². The molecule has 8 heteroatoms. The number of rotatable bonds is 7. The summed E-state index contributed by atoms with van der Waals surface area (Å²) in [5, 5.41) is 6.67. The van der Waals surface area contributed by atoms with Gasteiger partial charge in [-0.25, -0.2) is 9.97 Å². The first-order valence-corrected chi connectivity index (χ1v) is 9.69. The van der Waals surface area contributed by atoms with Crippen molar-refractivity contribution in [1.29, 1.82) is 0 Å².